The van der Waals surface area contributed by atoms with Gasteiger partial charge in [0.25, 0.3) is 5.91 Å². The van der Waals surface area contributed by atoms with Crippen molar-refractivity contribution in [2.75, 3.05) is 6.54 Å². The Hall–Kier alpha value is -2.21. The van der Waals surface area contributed by atoms with E-state index in [1.807, 2.05) is 12.1 Å². The first-order valence-electron chi connectivity index (χ1n) is 9.08. The number of nitrogens with one attached hydrogen (secondary N) is 1. The standard InChI is InChI=1S/C19H23N3O3/c23-17(20-12-19(24)9-2-1-3-10-19)15-6-4-5-14(11-15)16-21-18(25-22-16)13-7-8-13/h4-6,11,13,24H,1-3,7-10,12H2,(H,20,23). The van der Waals surface area contributed by atoms with Crippen LogP contribution in [0.5, 0.6) is 0 Å². The van der Waals surface area contributed by atoms with Gasteiger partial charge in [-0.15, -0.1) is 0 Å². The fourth-order valence-electron chi connectivity index (χ4n) is 3.38. The lowest BCUT2D eigenvalue weighted by Crippen LogP contribution is -2.44. The number of carbonyl (C=O) groups excluding carboxylic acids is 1. The third-order valence-electron chi connectivity index (χ3n) is 5.11. The Morgan fingerprint density at radius 2 is 2.08 bits per heavy atom. The van der Waals surface area contributed by atoms with Crippen LogP contribution in [0.15, 0.2) is 28.8 Å². The molecule has 1 heterocycles. The second-order valence-corrected chi connectivity index (χ2v) is 7.28. The fraction of sp³-hybridized carbons (Fsp3) is 0.526. The average Bonchev–Trinajstić information content (AvgIpc) is 3.37. The first-order chi connectivity index (χ1) is 12.1. The molecule has 2 aliphatic rings. The van der Waals surface area contributed by atoms with Crippen LogP contribution in [-0.4, -0.2) is 33.3 Å². The highest BCUT2D eigenvalue weighted by molar-refractivity contribution is 5.95. The lowest BCUT2D eigenvalue weighted by Gasteiger charge is -2.32. The number of benzene rings is 1. The van der Waals surface area contributed by atoms with E-state index in [2.05, 4.69) is 15.5 Å². The summed E-state index contributed by atoms with van der Waals surface area (Å²) in [6.07, 6.45) is 6.90. The van der Waals surface area contributed by atoms with E-state index in [-0.39, 0.29) is 5.91 Å². The molecule has 1 aromatic carbocycles. The molecule has 0 spiro atoms. The predicted octanol–water partition coefficient (Wildman–Crippen LogP) is 3.04. The zero-order valence-electron chi connectivity index (χ0n) is 14.2. The minimum atomic E-state index is -0.766. The van der Waals surface area contributed by atoms with Gasteiger partial charge in [0, 0.05) is 23.6 Å². The van der Waals surface area contributed by atoms with Crippen LogP contribution in [0.2, 0.25) is 0 Å². The molecular weight excluding hydrogens is 318 g/mol. The summed E-state index contributed by atoms with van der Waals surface area (Å²) in [4.78, 5) is 16.9. The van der Waals surface area contributed by atoms with Crippen molar-refractivity contribution in [2.45, 2.75) is 56.5 Å². The van der Waals surface area contributed by atoms with Crippen LogP contribution in [0.4, 0.5) is 0 Å². The van der Waals surface area contributed by atoms with Gasteiger partial charge in [0.05, 0.1) is 5.60 Å². The van der Waals surface area contributed by atoms with Gasteiger partial charge in [-0.2, -0.15) is 4.98 Å². The van der Waals surface area contributed by atoms with Crippen molar-refractivity contribution in [3.8, 4) is 11.4 Å². The molecule has 1 amide bonds. The van der Waals surface area contributed by atoms with Crippen molar-refractivity contribution in [1.29, 1.82) is 0 Å². The average molecular weight is 341 g/mol. The number of aliphatic hydroxyl groups is 1. The Morgan fingerprint density at radius 3 is 2.84 bits per heavy atom. The van der Waals surface area contributed by atoms with Gasteiger partial charge < -0.3 is 14.9 Å². The highest BCUT2D eigenvalue weighted by Gasteiger charge is 2.30. The molecule has 2 saturated carbocycles. The third kappa shape index (κ3) is 3.74. The highest BCUT2D eigenvalue weighted by Crippen LogP contribution is 2.39. The Morgan fingerprint density at radius 1 is 1.28 bits per heavy atom. The topological polar surface area (TPSA) is 88.2 Å². The number of hydrogen-bond donors (Lipinski definition) is 2. The maximum atomic E-state index is 12.5. The quantitative estimate of drug-likeness (QED) is 0.873. The van der Waals surface area contributed by atoms with Gasteiger partial charge in [-0.05, 0) is 37.8 Å². The smallest absolute Gasteiger partial charge is 0.251 e. The van der Waals surface area contributed by atoms with Crippen molar-refractivity contribution in [3.63, 3.8) is 0 Å². The first-order valence-corrected chi connectivity index (χ1v) is 9.08. The van der Waals surface area contributed by atoms with Crippen molar-refractivity contribution in [2.24, 2.45) is 0 Å². The van der Waals surface area contributed by atoms with Crippen molar-refractivity contribution >= 4 is 5.91 Å². The number of hydrogen-bond acceptors (Lipinski definition) is 5. The van der Waals surface area contributed by atoms with Crippen molar-refractivity contribution in [1.82, 2.24) is 15.5 Å². The summed E-state index contributed by atoms with van der Waals surface area (Å²) < 4.78 is 5.29. The van der Waals surface area contributed by atoms with Crippen LogP contribution < -0.4 is 5.32 Å². The summed E-state index contributed by atoms with van der Waals surface area (Å²) in [5.41, 5.74) is 0.535. The maximum Gasteiger partial charge on any atom is 0.251 e. The largest absolute Gasteiger partial charge is 0.388 e. The van der Waals surface area contributed by atoms with E-state index >= 15 is 0 Å². The van der Waals surface area contributed by atoms with Crippen molar-refractivity contribution in [3.05, 3.63) is 35.7 Å². The summed E-state index contributed by atoms with van der Waals surface area (Å²) in [5.74, 6) is 1.42. The number of nitrogens with zero attached hydrogens (tertiary/aromatic N) is 2. The van der Waals surface area contributed by atoms with E-state index in [4.69, 9.17) is 4.52 Å². The molecule has 6 nitrogen and oxygen atoms in total. The maximum absolute atomic E-state index is 12.5. The highest BCUT2D eigenvalue weighted by atomic mass is 16.5. The molecular formula is C19H23N3O3. The number of aromatic nitrogens is 2. The predicted molar refractivity (Wildman–Crippen MR) is 92.1 cm³/mol. The molecule has 0 aliphatic heterocycles. The number of amides is 1. The van der Waals surface area contributed by atoms with Gasteiger partial charge in [0.1, 0.15) is 0 Å². The second kappa shape index (κ2) is 6.59. The molecule has 2 fully saturated rings. The molecule has 132 valence electrons. The number of rotatable bonds is 5. The minimum absolute atomic E-state index is 0.188. The molecule has 1 aromatic heterocycles. The molecule has 0 unspecified atom stereocenters. The molecule has 25 heavy (non-hydrogen) atoms. The van der Waals surface area contributed by atoms with Gasteiger partial charge in [-0.3, -0.25) is 4.79 Å². The molecule has 0 atom stereocenters. The molecule has 0 radical (unpaired) electrons. The van der Waals surface area contributed by atoms with E-state index in [0.717, 1.165) is 50.5 Å². The van der Waals surface area contributed by atoms with Gasteiger partial charge in [0.15, 0.2) is 0 Å². The number of carbonyl (C=O) groups is 1. The van der Waals surface area contributed by atoms with Gasteiger partial charge >= 0.3 is 0 Å². The van der Waals surface area contributed by atoms with Crippen LogP contribution in [0.3, 0.4) is 0 Å². The van der Waals surface area contributed by atoms with Crippen LogP contribution in [0.1, 0.15) is 67.1 Å². The molecule has 6 heteroatoms. The van der Waals surface area contributed by atoms with Crippen LogP contribution in [0, 0.1) is 0 Å². The minimum Gasteiger partial charge on any atom is -0.388 e. The third-order valence-corrected chi connectivity index (χ3v) is 5.11. The van der Waals surface area contributed by atoms with Crippen molar-refractivity contribution < 1.29 is 14.4 Å². The Kier molecular flexibility index (Phi) is 4.29. The summed E-state index contributed by atoms with van der Waals surface area (Å²) in [7, 11) is 0. The molecule has 0 bridgehead atoms. The van der Waals surface area contributed by atoms with E-state index in [0.29, 0.717) is 29.7 Å². The Balaban J connectivity index is 1.43. The normalized spacial score (nSPS) is 19.6. The van der Waals surface area contributed by atoms with E-state index < -0.39 is 5.60 Å². The monoisotopic (exact) mass is 341 g/mol. The van der Waals surface area contributed by atoms with Crippen LogP contribution >= 0.6 is 0 Å². The van der Waals surface area contributed by atoms with E-state index in [9.17, 15) is 9.90 Å². The zero-order valence-corrected chi connectivity index (χ0v) is 14.2. The lowest BCUT2D eigenvalue weighted by atomic mass is 9.85. The molecule has 2 N–H and O–H groups in total. The molecule has 2 aromatic rings. The molecule has 4 rings (SSSR count). The second-order valence-electron chi connectivity index (χ2n) is 7.28. The Labute approximate surface area is 146 Å². The SMILES string of the molecule is O=C(NCC1(O)CCCCC1)c1cccc(-c2noc(C3CC3)n2)c1. The van der Waals surface area contributed by atoms with Crippen LogP contribution in [0.25, 0.3) is 11.4 Å². The molecule has 2 aliphatic carbocycles. The van der Waals surface area contributed by atoms with E-state index in [1.165, 1.54) is 0 Å². The fourth-order valence-corrected chi connectivity index (χ4v) is 3.38. The zero-order chi connectivity index (χ0) is 17.3. The van der Waals surface area contributed by atoms with Gasteiger partial charge in [-0.1, -0.05) is 36.6 Å². The first kappa shape index (κ1) is 16.3. The van der Waals surface area contributed by atoms with E-state index in [1.54, 1.807) is 12.1 Å². The summed E-state index contributed by atoms with van der Waals surface area (Å²) in [6.45, 7) is 0.296. The molecule has 0 saturated heterocycles. The van der Waals surface area contributed by atoms with Crippen LogP contribution in [-0.2, 0) is 0 Å². The summed E-state index contributed by atoms with van der Waals surface area (Å²) in [6, 6.07) is 7.20. The Bertz CT molecular complexity index is 761. The summed E-state index contributed by atoms with van der Waals surface area (Å²) in [5, 5.41) is 17.4. The summed E-state index contributed by atoms with van der Waals surface area (Å²) >= 11 is 0. The van der Waals surface area contributed by atoms with Gasteiger partial charge in [-0.25, -0.2) is 0 Å². The lowest BCUT2D eigenvalue weighted by molar-refractivity contribution is 0.00526. The van der Waals surface area contributed by atoms with Gasteiger partial charge in [0.2, 0.25) is 11.7 Å².